The van der Waals surface area contributed by atoms with Gasteiger partial charge in [0.05, 0.1) is 24.2 Å². The van der Waals surface area contributed by atoms with Crippen LogP contribution < -0.4 is 50.7 Å². The van der Waals surface area contributed by atoms with E-state index < -0.39 is 17.9 Å². The summed E-state index contributed by atoms with van der Waals surface area (Å²) < 4.78 is 0.878. The third-order valence-corrected chi connectivity index (χ3v) is 8.90. The number of amides is 1. The zero-order valence-electron chi connectivity index (χ0n) is 28.7. The smallest absolute Gasteiger partial charge is 0.550 e. The van der Waals surface area contributed by atoms with Crippen molar-refractivity contribution in [2.75, 3.05) is 65.4 Å². The molecule has 50 heavy (non-hydrogen) atoms. The third-order valence-electron chi connectivity index (χ3n) is 7.82. The molecular formula is C32H47EuN6NaO9S. The standard InChI is InChI=1S/C32H41N6O6S.Eu.Na.3H2O/c1-22(32(43)44)17-25(40)19-36-11-9-33-10-12-37(20-29(41)34-23(2)21-39)14-16-38(15-13-36)18-24-7-8-27-30(42)26-5-3-4-6-28(26)45-31(27)35-24;;;;;/h3-8,22-23,33H,9-20H2,1-2H3,(H,34,41)(H,43,44);;;3*1H2/q-1;;+1;;;/t22-,23+;;;;;/m1...../s1. The molecule has 4 rings (SSSR count). The van der Waals surface area contributed by atoms with Gasteiger partial charge in [0.1, 0.15) is 10.6 Å². The number of aromatic nitrogens is 1. The first-order valence-corrected chi connectivity index (χ1v) is 16.0. The van der Waals surface area contributed by atoms with Gasteiger partial charge in [0.2, 0.25) is 5.91 Å². The molecule has 1 radical (unpaired) electrons. The molecule has 1 aliphatic rings. The van der Waals surface area contributed by atoms with E-state index in [9.17, 15) is 29.1 Å². The monoisotopic (exact) mass is 867 g/mol. The number of hydrogen-bond donors (Lipinski definition) is 2. The normalized spacial score (nSPS) is 15.9. The van der Waals surface area contributed by atoms with Crippen molar-refractivity contribution in [1.29, 1.82) is 0 Å². The maximum absolute atomic E-state index is 13.1. The van der Waals surface area contributed by atoms with Crippen LogP contribution in [-0.4, -0.2) is 126 Å². The first kappa shape index (κ1) is 51.0. The van der Waals surface area contributed by atoms with Crippen LogP contribution in [0.5, 0.6) is 0 Å². The molecule has 9 N–H and O–H groups in total. The number of benzene rings is 1. The van der Waals surface area contributed by atoms with Crippen LogP contribution >= 0.6 is 11.3 Å². The Labute approximate surface area is 358 Å². The van der Waals surface area contributed by atoms with Gasteiger partial charge in [-0.05, 0) is 24.3 Å². The van der Waals surface area contributed by atoms with E-state index in [-0.39, 0.29) is 132 Å². The molecule has 1 aromatic carbocycles. The van der Waals surface area contributed by atoms with Crippen molar-refractivity contribution in [2.45, 2.75) is 32.9 Å². The van der Waals surface area contributed by atoms with Gasteiger partial charge in [-0.15, -0.1) is 11.3 Å². The summed E-state index contributed by atoms with van der Waals surface area (Å²) in [5, 5.41) is 18.4. The van der Waals surface area contributed by atoms with E-state index in [1.807, 2.05) is 46.2 Å². The number of carbonyl (C=O) groups excluding carboxylic acids is 4. The van der Waals surface area contributed by atoms with Gasteiger partial charge in [-0.1, -0.05) is 32.0 Å². The molecular weight excluding hydrogens is 819 g/mol. The second-order valence-corrected chi connectivity index (χ2v) is 12.6. The number of hydrogen-bond acceptors (Lipinski definition) is 12. The van der Waals surface area contributed by atoms with Gasteiger partial charge in [0.15, 0.2) is 5.43 Å². The van der Waals surface area contributed by atoms with E-state index >= 15 is 0 Å². The molecule has 0 unspecified atom stereocenters. The molecule has 15 nitrogen and oxygen atoms in total. The van der Waals surface area contributed by atoms with E-state index in [0.29, 0.717) is 74.5 Å². The molecule has 1 amide bonds. The number of ketones is 1. The van der Waals surface area contributed by atoms with E-state index in [1.165, 1.54) is 18.3 Å². The second-order valence-electron chi connectivity index (χ2n) is 11.5. The van der Waals surface area contributed by atoms with E-state index in [1.54, 1.807) is 13.2 Å². The topological polar surface area (TPSA) is 251 Å². The maximum Gasteiger partial charge on any atom is 1.00 e. The molecule has 2 atom stereocenters. The summed E-state index contributed by atoms with van der Waals surface area (Å²) in [6.07, 6.45) is 1.70. The number of rotatable bonds is 11. The molecule has 0 aliphatic carbocycles. The number of Topliss-reactive ketones (excluding diaryl/α,β-unsaturated/α-hetero) is 1. The zero-order chi connectivity index (χ0) is 32.3. The van der Waals surface area contributed by atoms with Crippen LogP contribution in [0.25, 0.3) is 20.3 Å². The summed E-state index contributed by atoms with van der Waals surface area (Å²) >= 11 is 1.48. The Bertz CT molecular complexity index is 1590. The van der Waals surface area contributed by atoms with Crippen LogP contribution in [-0.2, 0) is 31.2 Å². The minimum absolute atomic E-state index is 0. The predicted octanol–water partition coefficient (Wildman–Crippen LogP) is -5.79. The van der Waals surface area contributed by atoms with Crippen LogP contribution in [0.3, 0.4) is 0 Å². The Morgan fingerprint density at radius 1 is 0.940 bits per heavy atom. The Morgan fingerprint density at radius 2 is 1.54 bits per heavy atom. The van der Waals surface area contributed by atoms with Crippen LogP contribution in [0.4, 0.5) is 0 Å². The number of carboxylic acid groups (broad SMARTS) is 1. The number of pyridine rings is 1. The Kier molecular flexibility index (Phi) is 26.2. The van der Waals surface area contributed by atoms with Gasteiger partial charge in [-0.25, -0.2) is 11.3 Å². The van der Waals surface area contributed by atoms with Gasteiger partial charge < -0.3 is 41.8 Å². The van der Waals surface area contributed by atoms with Crippen molar-refractivity contribution < 1.29 is 120 Å². The minimum Gasteiger partial charge on any atom is -0.550 e. The van der Waals surface area contributed by atoms with Crippen LogP contribution in [0.1, 0.15) is 26.0 Å². The Hall–Kier alpha value is -1.16. The molecule has 0 bridgehead atoms. The largest absolute Gasteiger partial charge is 1.00 e. The first-order valence-electron chi connectivity index (χ1n) is 15.2. The SMILES string of the molecule is C[C@H](CC(=O)CN1CCNCCN(CC(=O)N[C@@H](C)[C-]=O)CCN(Cc2ccc3c(=O)c4ccccc4sc3n2)CC1)C(=O)[O-].O.O.[Eu].[Na+].[OH3+]. The number of carboxylic acids is 1. The molecule has 0 saturated carbocycles. The maximum atomic E-state index is 13.1. The fourth-order valence-corrected chi connectivity index (χ4v) is 6.33. The first-order chi connectivity index (χ1) is 21.6. The van der Waals surface area contributed by atoms with E-state index in [4.69, 9.17) is 4.98 Å². The van der Waals surface area contributed by atoms with E-state index in [2.05, 4.69) is 15.5 Å². The minimum atomic E-state index is -1.23. The summed E-state index contributed by atoms with van der Waals surface area (Å²) in [6, 6.07) is 10.5. The number of aliphatic carboxylic acids is 1. The van der Waals surface area contributed by atoms with Crippen molar-refractivity contribution >= 4 is 55.6 Å². The Balaban J connectivity index is 0. The molecule has 3 aromatic rings. The molecule has 0 spiro atoms. The zero-order valence-corrected chi connectivity index (χ0v) is 33.9. The summed E-state index contributed by atoms with van der Waals surface area (Å²) in [6.45, 7) is 8.55. The fraction of sp³-hybridized carbons (Fsp3) is 0.500. The van der Waals surface area contributed by atoms with Gasteiger partial charge >= 0.3 is 29.6 Å². The molecule has 18 heteroatoms. The number of nitrogens with zero attached hydrogens (tertiary/aromatic N) is 4. The Morgan fingerprint density at radius 3 is 2.16 bits per heavy atom. The van der Waals surface area contributed by atoms with Crippen molar-refractivity contribution in [3.63, 3.8) is 0 Å². The number of nitrogens with one attached hydrogen (secondary N) is 2. The van der Waals surface area contributed by atoms with Gasteiger partial charge in [-0.3, -0.25) is 29.1 Å². The molecule has 1 aliphatic heterocycles. The van der Waals surface area contributed by atoms with E-state index in [0.717, 1.165) is 10.4 Å². The molecule has 1 saturated heterocycles. The average Bonchev–Trinajstić information content (AvgIpc) is 3.00. The van der Waals surface area contributed by atoms with Crippen molar-refractivity contribution in [3.8, 4) is 0 Å². The molecule has 3 heterocycles. The molecule has 2 aromatic heterocycles. The van der Waals surface area contributed by atoms with Crippen molar-refractivity contribution in [3.05, 3.63) is 52.3 Å². The molecule has 1 fully saturated rings. The van der Waals surface area contributed by atoms with Gasteiger partial charge in [-0.2, -0.15) is 0 Å². The van der Waals surface area contributed by atoms with Gasteiger partial charge in [0, 0.05) is 137 Å². The van der Waals surface area contributed by atoms with Crippen LogP contribution in [0.15, 0.2) is 41.2 Å². The average molecular weight is 867 g/mol. The third kappa shape index (κ3) is 15.8. The van der Waals surface area contributed by atoms with Crippen molar-refractivity contribution in [1.82, 2.24) is 30.3 Å². The van der Waals surface area contributed by atoms with Crippen molar-refractivity contribution in [2.24, 2.45) is 5.92 Å². The van der Waals surface area contributed by atoms with Gasteiger partial charge in [0.25, 0.3) is 0 Å². The summed E-state index contributed by atoms with van der Waals surface area (Å²) in [4.78, 5) is 72.2. The summed E-state index contributed by atoms with van der Waals surface area (Å²) in [5.74, 6) is -2.48. The van der Waals surface area contributed by atoms with Crippen LogP contribution in [0.2, 0.25) is 0 Å². The van der Waals surface area contributed by atoms with Crippen LogP contribution in [0, 0.1) is 55.3 Å². The summed E-state index contributed by atoms with van der Waals surface area (Å²) in [5.41, 5.74) is 0.759. The molecule has 273 valence electrons. The second kappa shape index (κ2) is 25.8. The quantitative estimate of drug-likeness (QED) is 0.0795. The fourth-order valence-electron chi connectivity index (χ4n) is 5.27. The predicted molar refractivity (Wildman–Crippen MR) is 184 cm³/mol. The summed E-state index contributed by atoms with van der Waals surface area (Å²) in [7, 11) is 0. The number of carbonyl (C=O) groups is 3. The number of fused-ring (bicyclic) bond motifs is 2.